The summed E-state index contributed by atoms with van der Waals surface area (Å²) in [7, 11) is -3.57. The average molecular weight is 442 g/mol. The quantitative estimate of drug-likeness (QED) is 0.674. The van der Waals surface area contributed by atoms with Gasteiger partial charge in [0.1, 0.15) is 10.3 Å². The van der Waals surface area contributed by atoms with E-state index in [0.29, 0.717) is 23.1 Å². The summed E-state index contributed by atoms with van der Waals surface area (Å²) in [6.07, 6.45) is 4.57. The number of rotatable bonds is 6. The lowest BCUT2D eigenvalue weighted by Gasteiger charge is -2.36. The van der Waals surface area contributed by atoms with Gasteiger partial charge >= 0.3 is 0 Å². The molecule has 3 aliphatic heterocycles. The molecule has 3 aliphatic rings. The van der Waals surface area contributed by atoms with Gasteiger partial charge in [0.05, 0.1) is 13.2 Å². The summed E-state index contributed by atoms with van der Waals surface area (Å²) in [5.41, 5.74) is 0. The Morgan fingerprint density at radius 3 is 2.55 bits per heavy atom. The molecule has 3 fully saturated rings. The van der Waals surface area contributed by atoms with Crippen LogP contribution in [0.4, 0.5) is 0 Å². The molecule has 0 bridgehead atoms. The van der Waals surface area contributed by atoms with Crippen molar-refractivity contribution in [2.24, 2.45) is 5.92 Å². The van der Waals surface area contributed by atoms with Crippen LogP contribution in [0.25, 0.3) is 0 Å². The molecule has 0 saturated carbocycles. The van der Waals surface area contributed by atoms with E-state index in [2.05, 4.69) is 4.90 Å². The molecule has 1 atom stereocenters. The third-order valence-corrected chi connectivity index (χ3v) is 9.71. The number of thiophene rings is 1. The molecule has 0 N–H and O–H groups in total. The fraction of sp³-hybridized carbons (Fsp3) is 0.750. The number of amides is 1. The molecule has 1 unspecified atom stereocenters. The van der Waals surface area contributed by atoms with Gasteiger partial charge in [0.15, 0.2) is 0 Å². The number of ether oxygens (including phenoxy) is 1. The molecule has 0 spiro atoms. The van der Waals surface area contributed by atoms with Crippen molar-refractivity contribution in [3.8, 4) is 0 Å². The number of carbonyl (C=O) groups excluding carboxylic acids is 1. The van der Waals surface area contributed by atoms with E-state index in [1.165, 1.54) is 22.1 Å². The second-order valence-electron chi connectivity index (χ2n) is 8.22. The molecule has 3 saturated heterocycles. The first-order valence-electron chi connectivity index (χ1n) is 10.7. The predicted octanol–water partition coefficient (Wildman–Crippen LogP) is 1.86. The SMILES string of the molecule is O=C(C1CCCN1S(=O)(=O)c1cccs1)N1CCC(CCN2CCOCC2)CC1. The summed E-state index contributed by atoms with van der Waals surface area (Å²) < 4.78 is 33.0. The molecule has 1 amide bonds. The van der Waals surface area contributed by atoms with Crippen LogP contribution in [0, 0.1) is 5.92 Å². The molecular weight excluding hydrogens is 410 g/mol. The minimum Gasteiger partial charge on any atom is -0.379 e. The molecule has 4 heterocycles. The van der Waals surface area contributed by atoms with Gasteiger partial charge in [-0.05, 0) is 56.0 Å². The molecule has 1 aromatic rings. The van der Waals surface area contributed by atoms with E-state index in [0.717, 1.165) is 65.2 Å². The zero-order valence-electron chi connectivity index (χ0n) is 16.9. The lowest BCUT2D eigenvalue weighted by Crippen LogP contribution is -2.50. The molecule has 4 rings (SSSR count). The first kappa shape index (κ1) is 21.2. The van der Waals surface area contributed by atoms with Crippen molar-refractivity contribution in [2.75, 3.05) is 52.5 Å². The van der Waals surface area contributed by atoms with Crippen LogP contribution >= 0.6 is 11.3 Å². The highest BCUT2D eigenvalue weighted by atomic mass is 32.2. The molecule has 9 heteroatoms. The largest absolute Gasteiger partial charge is 0.379 e. The van der Waals surface area contributed by atoms with Gasteiger partial charge in [-0.3, -0.25) is 9.69 Å². The van der Waals surface area contributed by atoms with Crippen LogP contribution < -0.4 is 0 Å². The smallest absolute Gasteiger partial charge is 0.253 e. The second kappa shape index (κ2) is 9.43. The van der Waals surface area contributed by atoms with Crippen molar-refractivity contribution in [1.82, 2.24) is 14.1 Å². The lowest BCUT2D eigenvalue weighted by atomic mass is 9.93. The van der Waals surface area contributed by atoms with Crippen molar-refractivity contribution in [1.29, 1.82) is 0 Å². The molecule has 1 aromatic heterocycles. The maximum Gasteiger partial charge on any atom is 0.253 e. The van der Waals surface area contributed by atoms with Crippen LogP contribution in [0.5, 0.6) is 0 Å². The van der Waals surface area contributed by atoms with Gasteiger partial charge in [0, 0.05) is 32.7 Å². The first-order valence-corrected chi connectivity index (χ1v) is 13.0. The summed E-state index contributed by atoms with van der Waals surface area (Å²) in [6, 6.07) is 2.83. The maximum atomic E-state index is 13.1. The minimum atomic E-state index is -3.57. The third-order valence-electron chi connectivity index (χ3n) is 6.43. The number of likely N-dealkylation sites (tertiary alicyclic amines) is 1. The van der Waals surface area contributed by atoms with Crippen molar-refractivity contribution in [3.05, 3.63) is 17.5 Å². The maximum absolute atomic E-state index is 13.1. The number of hydrogen-bond acceptors (Lipinski definition) is 6. The van der Waals surface area contributed by atoms with Crippen molar-refractivity contribution < 1.29 is 17.9 Å². The Balaban J connectivity index is 1.29. The molecule has 0 aromatic carbocycles. The Bertz CT molecular complexity index is 770. The summed E-state index contributed by atoms with van der Waals surface area (Å²) in [4.78, 5) is 17.5. The first-order chi connectivity index (χ1) is 14.1. The molecule has 7 nitrogen and oxygen atoms in total. The minimum absolute atomic E-state index is 0.00531. The number of piperidine rings is 1. The number of hydrogen-bond donors (Lipinski definition) is 0. The molecule has 0 radical (unpaired) electrons. The summed E-state index contributed by atoms with van der Waals surface area (Å²) in [5.74, 6) is 0.644. The standard InChI is InChI=1S/C20H31N3O4S2/c24-20(18-3-1-8-23(18)29(25,26)19-4-2-16-28-19)22-10-6-17(7-11-22)5-9-21-12-14-27-15-13-21/h2,4,16-18H,1,3,5-15H2. The van der Waals surface area contributed by atoms with E-state index in [-0.39, 0.29) is 5.91 Å². The summed E-state index contributed by atoms with van der Waals surface area (Å²) >= 11 is 1.22. The zero-order valence-corrected chi connectivity index (χ0v) is 18.5. The lowest BCUT2D eigenvalue weighted by molar-refractivity contribution is -0.136. The van der Waals surface area contributed by atoms with Crippen molar-refractivity contribution in [3.63, 3.8) is 0 Å². The van der Waals surface area contributed by atoms with Crippen LogP contribution in [0.2, 0.25) is 0 Å². The van der Waals surface area contributed by atoms with Crippen molar-refractivity contribution >= 4 is 27.3 Å². The Morgan fingerprint density at radius 1 is 1.10 bits per heavy atom. The molecule has 162 valence electrons. The summed E-state index contributed by atoms with van der Waals surface area (Å²) in [6.45, 7) is 6.75. The van der Waals surface area contributed by atoms with Crippen LogP contribution in [0.1, 0.15) is 32.1 Å². The van der Waals surface area contributed by atoms with E-state index in [1.54, 1.807) is 17.5 Å². The van der Waals surface area contributed by atoms with E-state index in [1.807, 2.05) is 4.90 Å². The van der Waals surface area contributed by atoms with Crippen LogP contribution in [-0.2, 0) is 19.6 Å². The Hall–Kier alpha value is -1.00. The van der Waals surface area contributed by atoms with E-state index in [9.17, 15) is 13.2 Å². The van der Waals surface area contributed by atoms with Gasteiger partial charge < -0.3 is 9.64 Å². The number of sulfonamides is 1. The Morgan fingerprint density at radius 2 is 1.86 bits per heavy atom. The third kappa shape index (κ3) is 4.85. The van der Waals surface area contributed by atoms with Crippen molar-refractivity contribution in [2.45, 2.75) is 42.4 Å². The van der Waals surface area contributed by atoms with E-state index in [4.69, 9.17) is 4.74 Å². The summed E-state index contributed by atoms with van der Waals surface area (Å²) in [5, 5.41) is 1.77. The fourth-order valence-electron chi connectivity index (χ4n) is 4.64. The zero-order chi connectivity index (χ0) is 20.3. The highest BCUT2D eigenvalue weighted by Crippen LogP contribution is 2.30. The topological polar surface area (TPSA) is 70.2 Å². The average Bonchev–Trinajstić information content (AvgIpc) is 3.46. The van der Waals surface area contributed by atoms with Gasteiger partial charge in [0.25, 0.3) is 10.0 Å². The molecule has 29 heavy (non-hydrogen) atoms. The molecule has 0 aliphatic carbocycles. The van der Waals surface area contributed by atoms with Gasteiger partial charge in [-0.15, -0.1) is 11.3 Å². The Kier molecular flexibility index (Phi) is 6.91. The second-order valence-corrected chi connectivity index (χ2v) is 11.3. The van der Waals surface area contributed by atoms with Gasteiger partial charge in [-0.1, -0.05) is 6.07 Å². The van der Waals surface area contributed by atoms with Gasteiger partial charge in [-0.25, -0.2) is 8.42 Å². The molecular formula is C20H31N3O4S2. The number of morpholine rings is 1. The van der Waals surface area contributed by atoms with Gasteiger partial charge in [0.2, 0.25) is 5.91 Å². The highest BCUT2D eigenvalue weighted by molar-refractivity contribution is 7.91. The van der Waals surface area contributed by atoms with E-state index < -0.39 is 16.1 Å². The number of nitrogens with zero attached hydrogens (tertiary/aromatic N) is 3. The van der Waals surface area contributed by atoms with Crippen LogP contribution in [0.15, 0.2) is 21.7 Å². The predicted molar refractivity (Wildman–Crippen MR) is 112 cm³/mol. The number of carbonyl (C=O) groups is 1. The van der Waals surface area contributed by atoms with Crippen LogP contribution in [0.3, 0.4) is 0 Å². The monoisotopic (exact) mass is 441 g/mol. The highest BCUT2D eigenvalue weighted by Gasteiger charge is 2.42. The fourth-order valence-corrected chi connectivity index (χ4v) is 7.41. The van der Waals surface area contributed by atoms with E-state index >= 15 is 0 Å². The Labute approximate surface area is 177 Å². The van der Waals surface area contributed by atoms with Gasteiger partial charge in [-0.2, -0.15) is 4.31 Å². The van der Waals surface area contributed by atoms with Crippen LogP contribution in [-0.4, -0.2) is 87.0 Å². The normalized spacial score (nSPS) is 25.5.